The van der Waals surface area contributed by atoms with Gasteiger partial charge in [0.05, 0.1) is 6.10 Å². The van der Waals surface area contributed by atoms with E-state index < -0.39 is 6.10 Å². The SMILES string of the molecule is Cn1nccc1CCC(O)c1ccc(Br)c(Br)c1. The Morgan fingerprint density at radius 1 is 1.28 bits per heavy atom. The first-order valence-corrected chi connectivity index (χ1v) is 7.26. The van der Waals surface area contributed by atoms with Crippen molar-refractivity contribution in [3.05, 3.63) is 50.7 Å². The third kappa shape index (κ3) is 3.22. The summed E-state index contributed by atoms with van der Waals surface area (Å²) < 4.78 is 3.79. The van der Waals surface area contributed by atoms with Gasteiger partial charge in [0.25, 0.3) is 0 Å². The molecule has 0 fully saturated rings. The van der Waals surface area contributed by atoms with Crippen LogP contribution in [0.5, 0.6) is 0 Å². The molecule has 0 aliphatic rings. The lowest BCUT2D eigenvalue weighted by atomic mass is 10.0. The summed E-state index contributed by atoms with van der Waals surface area (Å²) in [6.07, 6.45) is 2.82. The predicted molar refractivity (Wildman–Crippen MR) is 78.3 cm³/mol. The van der Waals surface area contributed by atoms with Crippen molar-refractivity contribution in [3.8, 4) is 0 Å². The van der Waals surface area contributed by atoms with Gasteiger partial charge in [-0.3, -0.25) is 4.68 Å². The highest BCUT2D eigenvalue weighted by atomic mass is 79.9. The molecule has 1 aromatic heterocycles. The van der Waals surface area contributed by atoms with Crippen molar-refractivity contribution < 1.29 is 5.11 Å². The topological polar surface area (TPSA) is 38.0 Å². The monoisotopic (exact) mass is 372 g/mol. The molecule has 0 radical (unpaired) electrons. The van der Waals surface area contributed by atoms with Crippen molar-refractivity contribution in [3.63, 3.8) is 0 Å². The molecular formula is C13H14Br2N2O. The van der Waals surface area contributed by atoms with E-state index in [9.17, 15) is 5.11 Å². The maximum atomic E-state index is 10.2. The zero-order valence-corrected chi connectivity index (χ0v) is 13.1. The van der Waals surface area contributed by atoms with Gasteiger partial charge < -0.3 is 5.11 Å². The van der Waals surface area contributed by atoms with Gasteiger partial charge in [0.2, 0.25) is 0 Å². The Bertz CT molecular complexity index is 540. The summed E-state index contributed by atoms with van der Waals surface area (Å²) in [7, 11) is 1.91. The van der Waals surface area contributed by atoms with Crippen molar-refractivity contribution >= 4 is 31.9 Å². The summed E-state index contributed by atoms with van der Waals surface area (Å²) in [5, 5.41) is 14.3. The molecule has 0 saturated carbocycles. The van der Waals surface area contributed by atoms with Gasteiger partial charge in [0, 0.05) is 27.9 Å². The molecule has 2 aromatic rings. The number of benzene rings is 1. The lowest BCUT2D eigenvalue weighted by Gasteiger charge is -2.12. The highest BCUT2D eigenvalue weighted by Gasteiger charge is 2.10. The van der Waals surface area contributed by atoms with Crippen molar-refractivity contribution in [1.82, 2.24) is 9.78 Å². The van der Waals surface area contributed by atoms with Crippen LogP contribution in [0.25, 0.3) is 0 Å². The quantitative estimate of drug-likeness (QED) is 0.888. The van der Waals surface area contributed by atoms with Crippen LogP contribution in [-0.2, 0) is 13.5 Å². The Balaban J connectivity index is 2.01. The molecule has 1 heterocycles. The first kappa shape index (κ1) is 13.8. The molecule has 18 heavy (non-hydrogen) atoms. The Morgan fingerprint density at radius 2 is 2.06 bits per heavy atom. The van der Waals surface area contributed by atoms with E-state index in [0.717, 1.165) is 26.6 Å². The second kappa shape index (κ2) is 5.99. The Kier molecular flexibility index (Phi) is 4.59. The van der Waals surface area contributed by atoms with E-state index in [2.05, 4.69) is 37.0 Å². The van der Waals surface area contributed by atoms with E-state index in [-0.39, 0.29) is 0 Å². The third-order valence-corrected chi connectivity index (χ3v) is 4.80. The van der Waals surface area contributed by atoms with E-state index in [1.165, 1.54) is 0 Å². The molecule has 2 rings (SSSR count). The van der Waals surface area contributed by atoms with Gasteiger partial charge in [0.15, 0.2) is 0 Å². The average Bonchev–Trinajstić information content (AvgIpc) is 2.75. The summed E-state index contributed by atoms with van der Waals surface area (Å²) in [6, 6.07) is 7.79. The first-order valence-electron chi connectivity index (χ1n) is 5.68. The summed E-state index contributed by atoms with van der Waals surface area (Å²) in [5.41, 5.74) is 2.05. The van der Waals surface area contributed by atoms with Crippen molar-refractivity contribution in [2.75, 3.05) is 0 Å². The molecule has 3 nitrogen and oxygen atoms in total. The second-order valence-electron chi connectivity index (χ2n) is 4.17. The number of hydrogen-bond acceptors (Lipinski definition) is 2. The Hall–Kier alpha value is -0.650. The smallest absolute Gasteiger partial charge is 0.0794 e. The fourth-order valence-corrected chi connectivity index (χ4v) is 2.46. The van der Waals surface area contributed by atoms with Crippen molar-refractivity contribution in [2.45, 2.75) is 18.9 Å². The minimum absolute atomic E-state index is 0.454. The lowest BCUT2D eigenvalue weighted by Crippen LogP contribution is -2.03. The Labute approximate surface area is 123 Å². The van der Waals surface area contributed by atoms with Crippen LogP contribution in [0.1, 0.15) is 23.8 Å². The zero-order chi connectivity index (χ0) is 13.1. The molecule has 1 unspecified atom stereocenters. The highest BCUT2D eigenvalue weighted by molar-refractivity contribution is 9.13. The van der Waals surface area contributed by atoms with Crippen LogP contribution in [0, 0.1) is 0 Å². The largest absolute Gasteiger partial charge is 0.388 e. The summed E-state index contributed by atoms with van der Waals surface area (Å²) in [4.78, 5) is 0. The number of aliphatic hydroxyl groups excluding tert-OH is 1. The van der Waals surface area contributed by atoms with E-state index in [1.54, 1.807) is 6.20 Å². The molecule has 0 amide bonds. The molecule has 0 bridgehead atoms. The third-order valence-electron chi connectivity index (χ3n) is 2.92. The van der Waals surface area contributed by atoms with Gasteiger partial charge in [0.1, 0.15) is 0 Å². The molecule has 0 saturated heterocycles. The van der Waals surface area contributed by atoms with Gasteiger partial charge in [-0.25, -0.2) is 0 Å². The normalized spacial score (nSPS) is 12.7. The number of aryl methyl sites for hydroxylation is 2. The number of aliphatic hydroxyl groups is 1. The first-order chi connectivity index (χ1) is 8.58. The molecule has 1 N–H and O–H groups in total. The lowest BCUT2D eigenvalue weighted by molar-refractivity contribution is 0.167. The fourth-order valence-electron chi connectivity index (χ4n) is 1.82. The fraction of sp³-hybridized carbons (Fsp3) is 0.308. The molecule has 0 aliphatic heterocycles. The molecular weight excluding hydrogens is 360 g/mol. The Morgan fingerprint density at radius 3 is 2.67 bits per heavy atom. The van der Waals surface area contributed by atoms with Crippen molar-refractivity contribution in [2.24, 2.45) is 7.05 Å². The number of halogens is 2. The van der Waals surface area contributed by atoms with Gasteiger partial charge in [-0.05, 0) is 68.5 Å². The van der Waals surface area contributed by atoms with E-state index in [1.807, 2.05) is 36.0 Å². The maximum Gasteiger partial charge on any atom is 0.0794 e. The van der Waals surface area contributed by atoms with Gasteiger partial charge >= 0.3 is 0 Å². The van der Waals surface area contributed by atoms with Crippen LogP contribution in [0.15, 0.2) is 39.4 Å². The summed E-state index contributed by atoms with van der Waals surface area (Å²) >= 11 is 6.86. The van der Waals surface area contributed by atoms with E-state index in [4.69, 9.17) is 0 Å². The second-order valence-corrected chi connectivity index (χ2v) is 5.88. The minimum atomic E-state index is -0.454. The van der Waals surface area contributed by atoms with Crippen LogP contribution in [0.4, 0.5) is 0 Å². The highest BCUT2D eigenvalue weighted by Crippen LogP contribution is 2.28. The minimum Gasteiger partial charge on any atom is -0.388 e. The molecule has 96 valence electrons. The number of rotatable bonds is 4. The van der Waals surface area contributed by atoms with E-state index >= 15 is 0 Å². The standard InChI is InChI=1S/C13H14Br2N2O/c1-17-10(6-7-16-17)3-5-13(18)9-2-4-11(14)12(15)8-9/h2,4,6-8,13,18H,3,5H2,1H3. The number of aromatic nitrogens is 2. The van der Waals surface area contributed by atoms with E-state index in [0.29, 0.717) is 6.42 Å². The molecule has 0 spiro atoms. The van der Waals surface area contributed by atoms with Crippen LogP contribution in [0.2, 0.25) is 0 Å². The number of nitrogens with zero attached hydrogens (tertiary/aromatic N) is 2. The van der Waals surface area contributed by atoms with Crippen molar-refractivity contribution in [1.29, 1.82) is 0 Å². The van der Waals surface area contributed by atoms with Crippen LogP contribution in [-0.4, -0.2) is 14.9 Å². The van der Waals surface area contributed by atoms with Crippen LogP contribution in [0.3, 0.4) is 0 Å². The summed E-state index contributed by atoms with van der Waals surface area (Å²) in [6.45, 7) is 0. The maximum absolute atomic E-state index is 10.2. The van der Waals surface area contributed by atoms with Gasteiger partial charge in [-0.15, -0.1) is 0 Å². The van der Waals surface area contributed by atoms with Gasteiger partial charge in [-0.2, -0.15) is 5.10 Å². The zero-order valence-electron chi connectivity index (χ0n) is 9.98. The van der Waals surface area contributed by atoms with Crippen LogP contribution >= 0.6 is 31.9 Å². The van der Waals surface area contributed by atoms with Crippen LogP contribution < -0.4 is 0 Å². The average molecular weight is 374 g/mol. The van der Waals surface area contributed by atoms with Gasteiger partial charge in [-0.1, -0.05) is 6.07 Å². The molecule has 0 aliphatic carbocycles. The molecule has 1 atom stereocenters. The molecule has 1 aromatic carbocycles. The molecule has 5 heteroatoms. The predicted octanol–water partition coefficient (Wildman–Crippen LogP) is 3.61. The summed E-state index contributed by atoms with van der Waals surface area (Å²) in [5.74, 6) is 0. The number of hydrogen-bond donors (Lipinski definition) is 1.